The number of rotatable bonds is 2. The molecular weight excluding hydrogens is 170 g/mol. The molecule has 0 heterocycles. The summed E-state index contributed by atoms with van der Waals surface area (Å²) in [5.41, 5.74) is 0. The second kappa shape index (κ2) is 4.18. The molecule has 0 aromatic heterocycles. The molecule has 0 atom stereocenters. The molecule has 4 nitrogen and oxygen atoms in total. The molecule has 0 unspecified atom stereocenters. The second-order valence-corrected chi connectivity index (χ2v) is 2.86. The summed E-state index contributed by atoms with van der Waals surface area (Å²) in [6, 6.07) is 0. The molecular formula is C6H10ClNO3. The van der Waals surface area contributed by atoms with Crippen molar-refractivity contribution in [1.29, 1.82) is 0 Å². The number of amides is 2. The van der Waals surface area contributed by atoms with Crippen molar-refractivity contribution in [2.24, 2.45) is 5.92 Å². The predicted octanol–water partition coefficient (Wildman–Crippen LogP) is 1.98. The minimum Gasteiger partial charge on any atom is -0.465 e. The first-order valence-corrected chi connectivity index (χ1v) is 3.53. The van der Waals surface area contributed by atoms with Gasteiger partial charge in [0, 0.05) is 6.54 Å². The van der Waals surface area contributed by atoms with Gasteiger partial charge in [0.25, 0.3) is 0 Å². The summed E-state index contributed by atoms with van der Waals surface area (Å²) in [5.74, 6) is 0.0915. The maximum Gasteiger partial charge on any atom is 0.415 e. The van der Waals surface area contributed by atoms with Crippen LogP contribution in [-0.2, 0) is 0 Å². The van der Waals surface area contributed by atoms with Crippen LogP contribution in [-0.4, -0.2) is 28.0 Å². The van der Waals surface area contributed by atoms with Crippen LogP contribution in [0.4, 0.5) is 9.59 Å². The molecule has 0 rings (SSSR count). The van der Waals surface area contributed by atoms with Crippen LogP contribution in [0.5, 0.6) is 0 Å². The predicted molar refractivity (Wildman–Crippen MR) is 40.8 cm³/mol. The van der Waals surface area contributed by atoms with E-state index in [1.165, 1.54) is 0 Å². The van der Waals surface area contributed by atoms with E-state index in [-0.39, 0.29) is 12.5 Å². The Morgan fingerprint density at radius 3 is 2.09 bits per heavy atom. The van der Waals surface area contributed by atoms with Crippen molar-refractivity contribution in [3.8, 4) is 0 Å². The fourth-order valence-corrected chi connectivity index (χ4v) is 0.732. The molecule has 1 N–H and O–H groups in total. The molecule has 5 heteroatoms. The number of carbonyl (C=O) groups is 2. The Morgan fingerprint density at radius 2 is 2.00 bits per heavy atom. The number of hydrogen-bond acceptors (Lipinski definition) is 2. The molecule has 0 aromatic carbocycles. The van der Waals surface area contributed by atoms with E-state index in [1.807, 2.05) is 0 Å². The highest BCUT2D eigenvalue weighted by Crippen LogP contribution is 2.02. The van der Waals surface area contributed by atoms with Gasteiger partial charge in [0.1, 0.15) is 0 Å². The van der Waals surface area contributed by atoms with Crippen LogP contribution in [0.2, 0.25) is 0 Å². The lowest BCUT2D eigenvalue weighted by Crippen LogP contribution is -2.34. The van der Waals surface area contributed by atoms with Crippen molar-refractivity contribution >= 4 is 23.1 Å². The molecule has 2 amide bonds. The standard InChI is InChI=1S/C6H10ClNO3/c1-4(2)3-8(5(7)9)6(10)11/h4H,3H2,1-2H3,(H,10,11). The lowest BCUT2D eigenvalue weighted by molar-refractivity contribution is 0.151. The van der Waals surface area contributed by atoms with E-state index >= 15 is 0 Å². The first-order chi connectivity index (χ1) is 4.95. The number of imide groups is 1. The third-order valence-corrected chi connectivity index (χ3v) is 1.19. The van der Waals surface area contributed by atoms with E-state index in [4.69, 9.17) is 16.7 Å². The van der Waals surface area contributed by atoms with E-state index in [9.17, 15) is 9.59 Å². The van der Waals surface area contributed by atoms with Crippen LogP contribution >= 0.6 is 11.6 Å². The summed E-state index contributed by atoms with van der Waals surface area (Å²) < 4.78 is 0. The minimum absolute atomic E-state index is 0.0915. The van der Waals surface area contributed by atoms with E-state index in [2.05, 4.69) is 0 Å². The van der Waals surface area contributed by atoms with Crippen molar-refractivity contribution < 1.29 is 14.7 Å². The molecule has 0 fully saturated rings. The van der Waals surface area contributed by atoms with Gasteiger partial charge in [-0.3, -0.25) is 4.79 Å². The van der Waals surface area contributed by atoms with Gasteiger partial charge in [0.05, 0.1) is 0 Å². The molecule has 0 aromatic rings. The molecule has 0 spiro atoms. The van der Waals surface area contributed by atoms with Gasteiger partial charge in [-0.2, -0.15) is 0 Å². The first kappa shape index (κ1) is 10.2. The maximum absolute atomic E-state index is 10.4. The molecule has 0 saturated carbocycles. The van der Waals surface area contributed by atoms with Crippen LogP contribution in [0.3, 0.4) is 0 Å². The Labute approximate surface area is 69.7 Å². The lowest BCUT2D eigenvalue weighted by atomic mass is 10.2. The van der Waals surface area contributed by atoms with E-state index in [0.717, 1.165) is 0 Å². The Bertz CT molecular complexity index is 155. The van der Waals surface area contributed by atoms with Crippen molar-refractivity contribution in [1.82, 2.24) is 4.90 Å². The zero-order chi connectivity index (χ0) is 9.02. The van der Waals surface area contributed by atoms with E-state index in [1.54, 1.807) is 13.8 Å². The first-order valence-electron chi connectivity index (χ1n) is 3.15. The summed E-state index contributed by atoms with van der Waals surface area (Å²) in [6.45, 7) is 3.74. The molecule has 0 saturated heterocycles. The molecule has 0 aliphatic rings. The van der Waals surface area contributed by atoms with Gasteiger partial charge in [-0.25, -0.2) is 9.69 Å². The summed E-state index contributed by atoms with van der Waals surface area (Å²) in [4.78, 5) is 21.3. The maximum atomic E-state index is 10.4. The van der Waals surface area contributed by atoms with Crippen LogP contribution in [0, 0.1) is 5.92 Å². The van der Waals surface area contributed by atoms with Crippen molar-refractivity contribution in [3.05, 3.63) is 0 Å². The number of carbonyl (C=O) groups excluding carboxylic acids is 1. The molecule has 0 bridgehead atoms. The highest BCUT2D eigenvalue weighted by molar-refractivity contribution is 6.63. The zero-order valence-electron chi connectivity index (χ0n) is 6.37. The second-order valence-electron chi connectivity index (χ2n) is 2.54. The van der Waals surface area contributed by atoms with Crippen LogP contribution in [0.1, 0.15) is 13.8 Å². The number of nitrogens with zero attached hydrogens (tertiary/aromatic N) is 1. The SMILES string of the molecule is CC(C)CN(C(=O)O)C(=O)Cl. The van der Waals surface area contributed by atoms with Gasteiger partial charge in [0.2, 0.25) is 0 Å². The normalized spacial score (nSPS) is 9.82. The lowest BCUT2D eigenvalue weighted by Gasteiger charge is -2.15. The van der Waals surface area contributed by atoms with Crippen molar-refractivity contribution in [3.63, 3.8) is 0 Å². The van der Waals surface area contributed by atoms with Crippen molar-refractivity contribution in [2.45, 2.75) is 13.8 Å². The summed E-state index contributed by atoms with van der Waals surface area (Å²) in [5, 5.41) is 7.46. The molecule has 0 aliphatic carbocycles. The molecule has 11 heavy (non-hydrogen) atoms. The van der Waals surface area contributed by atoms with Gasteiger partial charge in [-0.1, -0.05) is 13.8 Å². The van der Waals surface area contributed by atoms with Gasteiger partial charge in [-0.15, -0.1) is 0 Å². The monoisotopic (exact) mass is 179 g/mol. The number of halogens is 1. The van der Waals surface area contributed by atoms with Gasteiger partial charge >= 0.3 is 11.5 Å². The minimum atomic E-state index is -1.31. The largest absolute Gasteiger partial charge is 0.465 e. The quantitative estimate of drug-likeness (QED) is 0.521. The molecule has 0 aliphatic heterocycles. The topological polar surface area (TPSA) is 57.6 Å². The number of carboxylic acid groups (broad SMARTS) is 1. The van der Waals surface area contributed by atoms with Crippen molar-refractivity contribution in [2.75, 3.05) is 6.54 Å². The summed E-state index contributed by atoms with van der Waals surface area (Å²) >= 11 is 4.99. The Hall–Kier alpha value is -0.770. The van der Waals surface area contributed by atoms with Crippen LogP contribution in [0.15, 0.2) is 0 Å². The van der Waals surface area contributed by atoms with Gasteiger partial charge in [0.15, 0.2) is 0 Å². The third-order valence-electron chi connectivity index (χ3n) is 0.991. The average molecular weight is 180 g/mol. The van der Waals surface area contributed by atoms with E-state index in [0.29, 0.717) is 4.90 Å². The Balaban J connectivity index is 4.12. The summed E-state index contributed by atoms with van der Waals surface area (Å²) in [6.07, 6.45) is -1.31. The molecule has 0 radical (unpaired) electrons. The fourth-order valence-electron chi connectivity index (χ4n) is 0.590. The fraction of sp³-hybridized carbons (Fsp3) is 0.667. The highest BCUT2D eigenvalue weighted by atomic mass is 35.5. The van der Waals surface area contributed by atoms with Crippen LogP contribution < -0.4 is 0 Å². The van der Waals surface area contributed by atoms with Crippen LogP contribution in [0.25, 0.3) is 0 Å². The Morgan fingerprint density at radius 1 is 1.55 bits per heavy atom. The van der Waals surface area contributed by atoms with Gasteiger partial charge < -0.3 is 5.11 Å². The van der Waals surface area contributed by atoms with Gasteiger partial charge in [-0.05, 0) is 17.5 Å². The zero-order valence-corrected chi connectivity index (χ0v) is 7.13. The summed E-state index contributed by atoms with van der Waals surface area (Å²) in [7, 11) is 0. The highest BCUT2D eigenvalue weighted by Gasteiger charge is 2.18. The van der Waals surface area contributed by atoms with E-state index < -0.39 is 11.5 Å². The smallest absolute Gasteiger partial charge is 0.415 e. The average Bonchev–Trinajstić information content (AvgIpc) is 1.81. The Kier molecular flexibility index (Phi) is 3.89. The number of hydrogen-bond donors (Lipinski definition) is 1. The third kappa shape index (κ3) is 3.83. The molecule has 64 valence electrons.